The number of anilines is 1. The molecule has 1 N–H and O–H groups in total. The van der Waals surface area contributed by atoms with Crippen LogP contribution >= 0.6 is 11.6 Å². The van der Waals surface area contributed by atoms with Crippen LogP contribution in [0.1, 0.15) is 13.8 Å². The van der Waals surface area contributed by atoms with Crippen LogP contribution in [0.25, 0.3) is 0 Å². The Kier molecular flexibility index (Phi) is 3.47. The van der Waals surface area contributed by atoms with Crippen molar-refractivity contribution in [3.8, 4) is 0 Å². The molecule has 0 fully saturated rings. The maximum Gasteiger partial charge on any atom is 0.134 e. The topological polar surface area (TPSA) is 37.8 Å². The molecule has 0 bridgehead atoms. The van der Waals surface area contributed by atoms with E-state index in [1.165, 1.54) is 6.33 Å². The Morgan fingerprint density at radius 1 is 1.57 bits per heavy atom. The smallest absolute Gasteiger partial charge is 0.134 e. The number of hydrogen-bond donors (Lipinski definition) is 1. The van der Waals surface area contributed by atoms with Crippen molar-refractivity contribution in [1.29, 1.82) is 0 Å². The SMILES string of the molecule is C=CC(C)(C)CNc1cc(Cl)ncn1. The molecule has 4 heteroatoms. The number of nitrogens with one attached hydrogen (secondary N) is 1. The lowest BCUT2D eigenvalue weighted by Crippen LogP contribution is -2.20. The summed E-state index contributed by atoms with van der Waals surface area (Å²) in [5, 5.41) is 3.61. The van der Waals surface area contributed by atoms with Crippen LogP contribution < -0.4 is 5.32 Å². The van der Waals surface area contributed by atoms with Crippen LogP contribution in [0.3, 0.4) is 0 Å². The third-order valence-corrected chi connectivity index (χ3v) is 2.12. The van der Waals surface area contributed by atoms with Gasteiger partial charge in [-0.3, -0.25) is 0 Å². The molecule has 0 radical (unpaired) electrons. The van der Waals surface area contributed by atoms with Gasteiger partial charge in [-0.25, -0.2) is 9.97 Å². The Balaban J connectivity index is 2.58. The van der Waals surface area contributed by atoms with E-state index in [0.717, 1.165) is 12.4 Å². The fourth-order valence-electron chi connectivity index (χ4n) is 0.821. The zero-order chi connectivity index (χ0) is 10.6. The average Bonchev–Trinajstić information content (AvgIpc) is 2.15. The summed E-state index contributed by atoms with van der Waals surface area (Å²) in [6.07, 6.45) is 3.34. The minimum atomic E-state index is 0.0391. The van der Waals surface area contributed by atoms with E-state index < -0.39 is 0 Å². The van der Waals surface area contributed by atoms with Gasteiger partial charge in [0.1, 0.15) is 17.3 Å². The summed E-state index contributed by atoms with van der Waals surface area (Å²) >= 11 is 5.72. The fourth-order valence-corrected chi connectivity index (χ4v) is 0.968. The first-order valence-electron chi connectivity index (χ1n) is 4.38. The molecule has 3 nitrogen and oxygen atoms in total. The van der Waals surface area contributed by atoms with Crippen LogP contribution in [0.2, 0.25) is 5.15 Å². The maximum absolute atomic E-state index is 5.72. The van der Waals surface area contributed by atoms with Gasteiger partial charge < -0.3 is 5.32 Å². The molecule has 76 valence electrons. The maximum atomic E-state index is 5.72. The van der Waals surface area contributed by atoms with E-state index in [1.807, 2.05) is 6.08 Å². The highest BCUT2D eigenvalue weighted by atomic mass is 35.5. The summed E-state index contributed by atoms with van der Waals surface area (Å²) in [6, 6.07) is 1.70. The lowest BCUT2D eigenvalue weighted by atomic mass is 9.94. The van der Waals surface area contributed by atoms with E-state index in [2.05, 4.69) is 35.7 Å². The van der Waals surface area contributed by atoms with Crippen LogP contribution in [-0.4, -0.2) is 16.5 Å². The summed E-state index contributed by atoms with van der Waals surface area (Å²) in [5.74, 6) is 0.736. The van der Waals surface area contributed by atoms with Crippen molar-refractivity contribution < 1.29 is 0 Å². The average molecular weight is 212 g/mol. The van der Waals surface area contributed by atoms with Crippen LogP contribution in [0.5, 0.6) is 0 Å². The lowest BCUT2D eigenvalue weighted by molar-refractivity contribution is 0.513. The molecule has 1 rings (SSSR count). The van der Waals surface area contributed by atoms with E-state index >= 15 is 0 Å². The summed E-state index contributed by atoms with van der Waals surface area (Å²) in [5.41, 5.74) is 0.0391. The summed E-state index contributed by atoms with van der Waals surface area (Å²) < 4.78 is 0. The number of halogens is 1. The Morgan fingerprint density at radius 3 is 2.86 bits per heavy atom. The van der Waals surface area contributed by atoms with Crippen molar-refractivity contribution in [2.75, 3.05) is 11.9 Å². The van der Waals surface area contributed by atoms with E-state index in [9.17, 15) is 0 Å². The van der Waals surface area contributed by atoms with Gasteiger partial charge in [-0.1, -0.05) is 31.5 Å². The molecule has 0 unspecified atom stereocenters. The Bertz CT molecular complexity index is 323. The zero-order valence-corrected chi connectivity index (χ0v) is 9.17. The quantitative estimate of drug-likeness (QED) is 0.615. The summed E-state index contributed by atoms with van der Waals surface area (Å²) in [7, 11) is 0. The molecule has 0 spiro atoms. The van der Waals surface area contributed by atoms with Gasteiger partial charge in [-0.15, -0.1) is 6.58 Å². The predicted molar refractivity (Wildman–Crippen MR) is 59.5 cm³/mol. The van der Waals surface area contributed by atoms with Crippen LogP contribution in [0.15, 0.2) is 25.0 Å². The van der Waals surface area contributed by atoms with E-state index in [4.69, 9.17) is 11.6 Å². The van der Waals surface area contributed by atoms with Crippen LogP contribution in [0, 0.1) is 5.41 Å². The number of aromatic nitrogens is 2. The first-order chi connectivity index (χ1) is 6.53. The largest absolute Gasteiger partial charge is 0.369 e. The van der Waals surface area contributed by atoms with Crippen molar-refractivity contribution in [3.05, 3.63) is 30.2 Å². The molecule has 1 heterocycles. The highest BCUT2D eigenvalue weighted by Crippen LogP contribution is 2.17. The monoisotopic (exact) mass is 211 g/mol. The van der Waals surface area contributed by atoms with Gasteiger partial charge in [0, 0.05) is 12.6 Å². The molecule has 0 aliphatic heterocycles. The van der Waals surface area contributed by atoms with E-state index in [1.54, 1.807) is 6.07 Å². The molecular weight excluding hydrogens is 198 g/mol. The normalized spacial score (nSPS) is 11.1. The summed E-state index contributed by atoms with van der Waals surface area (Å²) in [6.45, 7) is 8.72. The van der Waals surface area contributed by atoms with E-state index in [0.29, 0.717) is 5.15 Å². The molecule has 0 aliphatic carbocycles. The molecule has 1 aromatic heterocycles. The minimum absolute atomic E-state index is 0.0391. The summed E-state index contributed by atoms with van der Waals surface area (Å²) in [4.78, 5) is 7.83. The van der Waals surface area contributed by atoms with Crippen LogP contribution in [-0.2, 0) is 0 Å². The Labute approximate surface area is 89.2 Å². The van der Waals surface area contributed by atoms with Crippen molar-refractivity contribution in [2.24, 2.45) is 5.41 Å². The third kappa shape index (κ3) is 3.34. The predicted octanol–water partition coefficient (Wildman–Crippen LogP) is 2.75. The van der Waals surface area contributed by atoms with Gasteiger partial charge in [0.05, 0.1) is 0 Å². The molecular formula is C10H14ClN3. The van der Waals surface area contributed by atoms with Gasteiger partial charge >= 0.3 is 0 Å². The highest BCUT2D eigenvalue weighted by molar-refractivity contribution is 6.29. The van der Waals surface area contributed by atoms with Gasteiger partial charge in [0.2, 0.25) is 0 Å². The Hall–Kier alpha value is -1.09. The number of hydrogen-bond acceptors (Lipinski definition) is 3. The second-order valence-corrected chi connectivity index (χ2v) is 4.16. The highest BCUT2D eigenvalue weighted by Gasteiger charge is 2.12. The lowest BCUT2D eigenvalue weighted by Gasteiger charge is -2.20. The molecule has 0 aliphatic rings. The second kappa shape index (κ2) is 4.42. The van der Waals surface area contributed by atoms with Gasteiger partial charge in [-0.2, -0.15) is 0 Å². The molecule has 0 aromatic carbocycles. The first-order valence-corrected chi connectivity index (χ1v) is 4.76. The van der Waals surface area contributed by atoms with Gasteiger partial charge in [0.15, 0.2) is 0 Å². The van der Waals surface area contributed by atoms with Gasteiger partial charge in [0.25, 0.3) is 0 Å². The first kappa shape index (κ1) is 11.0. The van der Waals surface area contributed by atoms with Crippen molar-refractivity contribution in [2.45, 2.75) is 13.8 Å². The van der Waals surface area contributed by atoms with Crippen LogP contribution in [0.4, 0.5) is 5.82 Å². The molecule has 0 saturated heterocycles. The molecule has 14 heavy (non-hydrogen) atoms. The minimum Gasteiger partial charge on any atom is -0.369 e. The van der Waals surface area contributed by atoms with Gasteiger partial charge in [-0.05, 0) is 5.41 Å². The number of rotatable bonds is 4. The molecule has 1 aromatic rings. The molecule has 0 atom stereocenters. The van der Waals surface area contributed by atoms with E-state index in [-0.39, 0.29) is 5.41 Å². The van der Waals surface area contributed by atoms with Crippen molar-refractivity contribution >= 4 is 17.4 Å². The number of nitrogens with zero attached hydrogens (tertiary/aromatic N) is 2. The fraction of sp³-hybridized carbons (Fsp3) is 0.400. The molecule has 0 amide bonds. The second-order valence-electron chi connectivity index (χ2n) is 3.77. The van der Waals surface area contributed by atoms with Crippen molar-refractivity contribution in [1.82, 2.24) is 9.97 Å². The van der Waals surface area contributed by atoms with Crippen molar-refractivity contribution in [3.63, 3.8) is 0 Å². The standard InChI is InChI=1S/C10H14ClN3/c1-4-10(2,3)6-12-9-5-8(11)13-7-14-9/h4-5,7H,1,6H2,2-3H3,(H,12,13,14). The zero-order valence-electron chi connectivity index (χ0n) is 8.42. The Morgan fingerprint density at radius 2 is 2.29 bits per heavy atom. The molecule has 0 saturated carbocycles. The third-order valence-electron chi connectivity index (χ3n) is 1.91.